The van der Waals surface area contributed by atoms with Crippen LogP contribution in [0.25, 0.3) is 5.76 Å². The van der Waals surface area contributed by atoms with Crippen LogP contribution in [-0.4, -0.2) is 30.2 Å². The van der Waals surface area contributed by atoms with E-state index in [1.165, 1.54) is 35.4 Å². The van der Waals surface area contributed by atoms with Crippen molar-refractivity contribution in [2.24, 2.45) is 0 Å². The van der Waals surface area contributed by atoms with E-state index in [2.05, 4.69) is 9.71 Å². The zero-order valence-electron chi connectivity index (χ0n) is 19.2. The number of amides is 1. The summed E-state index contributed by atoms with van der Waals surface area (Å²) >= 11 is 13.2. The number of nitrogens with zero attached hydrogens (tertiary/aromatic N) is 2. The van der Waals surface area contributed by atoms with Crippen molar-refractivity contribution < 1.29 is 23.1 Å². The van der Waals surface area contributed by atoms with Gasteiger partial charge in [0.1, 0.15) is 5.76 Å². The molecule has 1 saturated heterocycles. The quantitative estimate of drug-likeness (QED) is 0.166. The van der Waals surface area contributed by atoms with E-state index in [0.717, 1.165) is 11.3 Å². The van der Waals surface area contributed by atoms with E-state index in [0.29, 0.717) is 21.2 Å². The molecule has 3 aromatic carbocycles. The molecule has 1 amide bonds. The number of rotatable bonds is 6. The molecule has 1 atom stereocenters. The van der Waals surface area contributed by atoms with Gasteiger partial charge in [-0.15, -0.1) is 11.3 Å². The number of hydrogen-bond acceptors (Lipinski definition) is 7. The number of aliphatic hydroxyl groups is 1. The number of carbonyl (C=O) groups is 2. The summed E-state index contributed by atoms with van der Waals surface area (Å²) in [6.45, 7) is 0. The molecule has 192 valence electrons. The molecule has 0 aliphatic carbocycles. The van der Waals surface area contributed by atoms with Crippen molar-refractivity contribution in [3.8, 4) is 0 Å². The Hall–Kier alpha value is -3.70. The summed E-state index contributed by atoms with van der Waals surface area (Å²) in [6, 6.07) is 17.2. The Labute approximate surface area is 231 Å². The number of halogens is 2. The lowest BCUT2D eigenvalue weighted by atomic mass is 9.95. The minimum Gasteiger partial charge on any atom is -0.507 e. The first kappa shape index (κ1) is 25.9. The number of ketones is 1. The molecule has 8 nitrogen and oxygen atoms in total. The van der Waals surface area contributed by atoms with Gasteiger partial charge in [0.15, 0.2) is 5.13 Å². The Kier molecular flexibility index (Phi) is 6.97. The van der Waals surface area contributed by atoms with E-state index in [9.17, 15) is 23.1 Å². The molecule has 2 heterocycles. The van der Waals surface area contributed by atoms with Crippen molar-refractivity contribution >= 4 is 72.8 Å². The smallest absolute Gasteiger partial charge is 0.300 e. The number of aliphatic hydroxyl groups excluding tert-OH is 1. The minimum absolute atomic E-state index is 0.0581. The third-order valence-corrected chi connectivity index (χ3v) is 8.50. The van der Waals surface area contributed by atoms with E-state index in [1.807, 2.05) is 0 Å². The molecule has 0 bridgehead atoms. The molecular weight excluding hydrogens is 569 g/mol. The van der Waals surface area contributed by atoms with Crippen LogP contribution in [0.1, 0.15) is 17.2 Å². The number of benzene rings is 3. The molecule has 38 heavy (non-hydrogen) atoms. The highest BCUT2D eigenvalue weighted by molar-refractivity contribution is 7.93. The van der Waals surface area contributed by atoms with Crippen LogP contribution in [0.3, 0.4) is 0 Å². The number of sulfonamides is 1. The summed E-state index contributed by atoms with van der Waals surface area (Å²) < 4.78 is 27.9. The van der Waals surface area contributed by atoms with Crippen LogP contribution < -0.4 is 9.62 Å². The molecule has 0 unspecified atom stereocenters. The molecule has 1 aliphatic heterocycles. The van der Waals surface area contributed by atoms with Crippen LogP contribution in [-0.2, 0) is 19.6 Å². The summed E-state index contributed by atoms with van der Waals surface area (Å²) in [5.41, 5.74) is 0.962. The number of nitrogens with one attached hydrogen (secondary N) is 1. The molecule has 0 saturated carbocycles. The predicted molar refractivity (Wildman–Crippen MR) is 147 cm³/mol. The highest BCUT2D eigenvalue weighted by Gasteiger charge is 2.47. The lowest BCUT2D eigenvalue weighted by molar-refractivity contribution is -0.132. The van der Waals surface area contributed by atoms with Gasteiger partial charge in [-0.05, 0) is 66.2 Å². The van der Waals surface area contributed by atoms with Crippen molar-refractivity contribution in [2.45, 2.75) is 10.9 Å². The van der Waals surface area contributed by atoms with E-state index < -0.39 is 27.8 Å². The normalized spacial score (nSPS) is 17.1. The van der Waals surface area contributed by atoms with Gasteiger partial charge in [0, 0.05) is 32.9 Å². The van der Waals surface area contributed by atoms with Crippen LogP contribution in [0.15, 0.2) is 94.8 Å². The SMILES string of the molecule is O=C1C(=O)N(c2ccc(S(=O)(=O)Nc3nccs3)cc2)[C@@H](c2ccc(Cl)cc2)C1=C(O)c1ccc(Cl)cc1. The molecule has 2 N–H and O–H groups in total. The van der Waals surface area contributed by atoms with Gasteiger partial charge in [-0.3, -0.25) is 19.2 Å². The Morgan fingerprint density at radius 2 is 1.53 bits per heavy atom. The van der Waals surface area contributed by atoms with Crippen molar-refractivity contribution in [1.82, 2.24) is 4.98 Å². The second-order valence-corrected chi connectivity index (χ2v) is 11.6. The number of carbonyl (C=O) groups excluding carboxylic acids is 2. The Morgan fingerprint density at radius 3 is 2.11 bits per heavy atom. The van der Waals surface area contributed by atoms with Gasteiger partial charge in [0.25, 0.3) is 21.7 Å². The standard InChI is InChI=1S/C26H17Cl2N3O5S2/c27-17-5-1-15(2-6-17)22-21(23(32)16-3-7-18(28)8-4-16)24(33)25(34)31(22)19-9-11-20(12-10-19)38(35,36)30-26-29-13-14-37-26/h1-14,22,32H,(H,29,30)/t22-/m0/s1. The second-order valence-electron chi connectivity index (χ2n) is 8.16. The first-order valence-corrected chi connectivity index (χ1v) is 14.1. The topological polar surface area (TPSA) is 117 Å². The third-order valence-electron chi connectivity index (χ3n) is 5.83. The Bertz CT molecular complexity index is 1650. The lowest BCUT2D eigenvalue weighted by Crippen LogP contribution is -2.29. The molecule has 4 aromatic rings. The van der Waals surface area contributed by atoms with Crippen LogP contribution in [0.5, 0.6) is 0 Å². The average Bonchev–Trinajstić information content (AvgIpc) is 3.50. The van der Waals surface area contributed by atoms with Gasteiger partial charge in [0.2, 0.25) is 0 Å². The largest absolute Gasteiger partial charge is 0.507 e. The maximum Gasteiger partial charge on any atom is 0.300 e. The fraction of sp³-hybridized carbons (Fsp3) is 0.0385. The second kappa shape index (κ2) is 10.2. The number of hydrogen-bond donors (Lipinski definition) is 2. The van der Waals surface area contributed by atoms with Crippen LogP contribution in [0.2, 0.25) is 10.0 Å². The van der Waals surface area contributed by atoms with E-state index in [1.54, 1.807) is 53.9 Å². The molecule has 12 heteroatoms. The van der Waals surface area contributed by atoms with E-state index in [-0.39, 0.29) is 27.0 Å². The van der Waals surface area contributed by atoms with Gasteiger partial charge >= 0.3 is 0 Å². The monoisotopic (exact) mass is 585 g/mol. The van der Waals surface area contributed by atoms with Gasteiger partial charge in [-0.2, -0.15) is 0 Å². The number of aromatic nitrogens is 1. The molecule has 5 rings (SSSR count). The lowest BCUT2D eigenvalue weighted by Gasteiger charge is -2.25. The minimum atomic E-state index is -3.93. The molecule has 0 spiro atoms. The molecule has 0 radical (unpaired) electrons. The van der Waals surface area contributed by atoms with Gasteiger partial charge < -0.3 is 5.11 Å². The summed E-state index contributed by atoms with van der Waals surface area (Å²) in [6.07, 6.45) is 1.48. The average molecular weight is 586 g/mol. The van der Waals surface area contributed by atoms with Gasteiger partial charge in [-0.25, -0.2) is 13.4 Å². The highest BCUT2D eigenvalue weighted by Crippen LogP contribution is 2.42. The van der Waals surface area contributed by atoms with Crippen LogP contribution in [0.4, 0.5) is 10.8 Å². The first-order valence-electron chi connectivity index (χ1n) is 11.0. The van der Waals surface area contributed by atoms with Crippen molar-refractivity contribution in [3.63, 3.8) is 0 Å². The number of anilines is 2. The predicted octanol–water partition coefficient (Wildman–Crippen LogP) is 5.88. The summed E-state index contributed by atoms with van der Waals surface area (Å²) in [5.74, 6) is -2.13. The van der Waals surface area contributed by atoms with Crippen molar-refractivity contribution in [3.05, 3.63) is 111 Å². The Morgan fingerprint density at radius 1 is 0.921 bits per heavy atom. The maximum absolute atomic E-state index is 13.3. The zero-order chi connectivity index (χ0) is 27.0. The van der Waals surface area contributed by atoms with Crippen LogP contribution in [0, 0.1) is 0 Å². The summed E-state index contributed by atoms with van der Waals surface area (Å²) in [4.78, 5) is 31.6. The number of Topliss-reactive ketones (excluding diaryl/α,β-unsaturated/α-hetero) is 1. The molecule has 1 fully saturated rings. The van der Waals surface area contributed by atoms with Gasteiger partial charge in [-0.1, -0.05) is 35.3 Å². The fourth-order valence-corrected chi connectivity index (χ4v) is 6.10. The molecule has 1 aliphatic rings. The van der Waals surface area contributed by atoms with Crippen LogP contribution >= 0.6 is 34.5 Å². The fourth-order valence-electron chi connectivity index (χ4n) is 4.06. The van der Waals surface area contributed by atoms with Crippen molar-refractivity contribution in [1.29, 1.82) is 0 Å². The summed E-state index contributed by atoms with van der Waals surface area (Å²) in [5, 5.41) is 13.9. The maximum atomic E-state index is 13.3. The Balaban J connectivity index is 1.59. The third kappa shape index (κ3) is 4.91. The zero-order valence-corrected chi connectivity index (χ0v) is 22.4. The van der Waals surface area contributed by atoms with E-state index in [4.69, 9.17) is 23.2 Å². The van der Waals surface area contributed by atoms with Crippen molar-refractivity contribution in [2.75, 3.05) is 9.62 Å². The summed E-state index contributed by atoms with van der Waals surface area (Å²) in [7, 11) is -3.93. The highest BCUT2D eigenvalue weighted by atomic mass is 35.5. The van der Waals surface area contributed by atoms with E-state index >= 15 is 0 Å². The van der Waals surface area contributed by atoms with Gasteiger partial charge in [0.05, 0.1) is 16.5 Å². The number of thiazole rings is 1. The molecular formula is C26H17Cl2N3O5S2. The molecule has 1 aromatic heterocycles. The first-order chi connectivity index (χ1) is 18.2.